The Morgan fingerprint density at radius 2 is 1.66 bits per heavy atom. The van der Waals surface area contributed by atoms with Gasteiger partial charge in [0.2, 0.25) is 5.91 Å². The van der Waals surface area contributed by atoms with Gasteiger partial charge in [-0.25, -0.2) is 4.98 Å². The standard InChI is InChI=1S/C35H37N3O2S/c1-2-35(20-29-25-15-6-8-17-27(25)31(35)28-18-9-7-16-26(28)29)33(40)38-34-37-30(21-41-34)22-11-10-12-23(19-22)32(39)36-24-13-4-3-5-14-24/h6-9,12,15-19,21,24,29,31H,2-5,10-11,13-14,20H2,1H3,(H,36,39)(H,37,38,40). The molecule has 0 spiro atoms. The zero-order valence-electron chi connectivity index (χ0n) is 23.6. The first-order chi connectivity index (χ1) is 20.1. The van der Waals surface area contributed by atoms with E-state index in [0.717, 1.165) is 55.4 Å². The number of amides is 2. The molecule has 41 heavy (non-hydrogen) atoms. The lowest BCUT2D eigenvalue weighted by atomic mass is 9.51. The number of aromatic nitrogens is 1. The van der Waals surface area contributed by atoms with Gasteiger partial charge in [-0.05, 0) is 72.4 Å². The Labute approximate surface area is 246 Å². The highest BCUT2D eigenvalue weighted by Gasteiger charge is 2.55. The predicted octanol–water partition coefficient (Wildman–Crippen LogP) is 7.71. The molecule has 1 unspecified atom stereocenters. The fourth-order valence-corrected chi connectivity index (χ4v) is 8.56. The van der Waals surface area contributed by atoms with Crippen LogP contribution < -0.4 is 10.6 Å². The normalized spacial score (nSPS) is 25.0. The van der Waals surface area contributed by atoms with E-state index < -0.39 is 5.41 Å². The molecule has 1 saturated carbocycles. The number of nitrogens with zero attached hydrogens (tertiary/aromatic N) is 1. The maximum absolute atomic E-state index is 14.2. The number of hydrogen-bond acceptors (Lipinski definition) is 4. The van der Waals surface area contributed by atoms with Gasteiger partial charge in [0.05, 0.1) is 11.1 Å². The molecule has 5 aliphatic carbocycles. The molecule has 0 aliphatic heterocycles. The van der Waals surface area contributed by atoms with Crippen molar-refractivity contribution in [3.05, 3.63) is 99.6 Å². The third kappa shape index (κ3) is 4.57. The number of nitrogens with one attached hydrogen (secondary N) is 2. The van der Waals surface area contributed by atoms with Crippen LogP contribution in [0.4, 0.5) is 5.13 Å². The lowest BCUT2D eigenvalue weighted by Crippen LogP contribution is -2.48. The van der Waals surface area contributed by atoms with Gasteiger partial charge in [0.25, 0.3) is 5.91 Å². The Bertz CT molecular complexity index is 1520. The number of benzene rings is 2. The maximum Gasteiger partial charge on any atom is 0.251 e. The topological polar surface area (TPSA) is 71.1 Å². The van der Waals surface area contributed by atoms with Crippen LogP contribution in [0.1, 0.15) is 104 Å². The smallest absolute Gasteiger partial charge is 0.251 e. The van der Waals surface area contributed by atoms with E-state index in [0.29, 0.717) is 5.13 Å². The first kappa shape index (κ1) is 26.4. The monoisotopic (exact) mass is 563 g/mol. The van der Waals surface area contributed by atoms with Gasteiger partial charge in [-0.3, -0.25) is 9.59 Å². The van der Waals surface area contributed by atoms with E-state index in [-0.39, 0.29) is 29.7 Å². The highest BCUT2D eigenvalue weighted by molar-refractivity contribution is 7.14. The molecule has 5 nitrogen and oxygen atoms in total. The van der Waals surface area contributed by atoms with Gasteiger partial charge in [0, 0.05) is 28.8 Å². The number of rotatable bonds is 6. The van der Waals surface area contributed by atoms with Crippen molar-refractivity contribution in [2.45, 2.75) is 82.6 Å². The number of allylic oxidation sites excluding steroid dienone is 2. The molecule has 2 aromatic carbocycles. The summed E-state index contributed by atoms with van der Waals surface area (Å²) in [6.45, 7) is 2.15. The van der Waals surface area contributed by atoms with Crippen molar-refractivity contribution in [1.82, 2.24) is 10.3 Å². The minimum atomic E-state index is -0.531. The van der Waals surface area contributed by atoms with Crippen LogP contribution in [0.3, 0.4) is 0 Å². The van der Waals surface area contributed by atoms with Crippen LogP contribution in [0, 0.1) is 5.41 Å². The van der Waals surface area contributed by atoms with Crippen LogP contribution in [-0.4, -0.2) is 22.8 Å². The predicted molar refractivity (Wildman–Crippen MR) is 165 cm³/mol. The summed E-state index contributed by atoms with van der Waals surface area (Å²) in [5.41, 5.74) is 7.42. The molecule has 1 aromatic heterocycles. The van der Waals surface area contributed by atoms with Crippen molar-refractivity contribution in [3.8, 4) is 0 Å². The van der Waals surface area contributed by atoms with E-state index in [1.165, 1.54) is 52.9 Å². The molecule has 6 heteroatoms. The molecule has 0 saturated heterocycles. The second-order valence-electron chi connectivity index (χ2n) is 12.1. The number of carbonyl (C=O) groups is 2. The summed E-state index contributed by atoms with van der Waals surface area (Å²) in [5.74, 6) is 0.337. The van der Waals surface area contributed by atoms with Crippen molar-refractivity contribution in [2.75, 3.05) is 5.32 Å². The molecular weight excluding hydrogens is 526 g/mol. The summed E-state index contributed by atoms with van der Waals surface area (Å²) in [5, 5.41) is 9.13. The van der Waals surface area contributed by atoms with Gasteiger partial charge >= 0.3 is 0 Å². The van der Waals surface area contributed by atoms with Crippen molar-refractivity contribution in [2.24, 2.45) is 5.41 Å². The van der Waals surface area contributed by atoms with Gasteiger partial charge in [0.15, 0.2) is 5.13 Å². The second-order valence-corrected chi connectivity index (χ2v) is 13.0. The summed E-state index contributed by atoms with van der Waals surface area (Å²) >= 11 is 1.47. The van der Waals surface area contributed by atoms with Crippen molar-refractivity contribution in [3.63, 3.8) is 0 Å². The fourth-order valence-electron chi connectivity index (χ4n) is 7.83. The molecule has 1 atom stereocenters. The molecule has 210 valence electrons. The molecule has 2 amide bonds. The Morgan fingerprint density at radius 1 is 0.976 bits per heavy atom. The van der Waals surface area contributed by atoms with Gasteiger partial charge in [-0.15, -0.1) is 11.3 Å². The van der Waals surface area contributed by atoms with Gasteiger partial charge in [-0.1, -0.05) is 80.8 Å². The molecular formula is C35H37N3O2S. The Morgan fingerprint density at radius 3 is 2.34 bits per heavy atom. The highest BCUT2D eigenvalue weighted by Crippen LogP contribution is 2.62. The average Bonchev–Trinajstić information content (AvgIpc) is 3.50. The Hall–Kier alpha value is -3.51. The molecule has 8 rings (SSSR count). The van der Waals surface area contributed by atoms with E-state index in [4.69, 9.17) is 4.98 Å². The largest absolute Gasteiger partial charge is 0.349 e. The summed E-state index contributed by atoms with van der Waals surface area (Å²) in [4.78, 5) is 32.1. The van der Waals surface area contributed by atoms with Crippen LogP contribution in [0.15, 0.2) is 71.6 Å². The molecule has 1 heterocycles. The number of anilines is 1. The van der Waals surface area contributed by atoms with Gasteiger partial charge < -0.3 is 10.6 Å². The first-order valence-corrected chi connectivity index (χ1v) is 16.1. The summed E-state index contributed by atoms with van der Waals surface area (Å²) in [7, 11) is 0. The third-order valence-electron chi connectivity index (χ3n) is 9.93. The van der Waals surface area contributed by atoms with Crippen molar-refractivity contribution >= 4 is 33.9 Å². The van der Waals surface area contributed by atoms with Crippen LogP contribution in [0.2, 0.25) is 0 Å². The molecule has 3 aromatic rings. The van der Waals surface area contributed by atoms with Crippen LogP contribution in [0.25, 0.3) is 5.57 Å². The number of hydrogen-bond donors (Lipinski definition) is 2. The molecule has 0 radical (unpaired) electrons. The van der Waals surface area contributed by atoms with Crippen molar-refractivity contribution in [1.29, 1.82) is 0 Å². The van der Waals surface area contributed by atoms with Crippen molar-refractivity contribution < 1.29 is 9.59 Å². The lowest BCUT2D eigenvalue weighted by Gasteiger charge is -2.52. The van der Waals surface area contributed by atoms with E-state index in [1.54, 1.807) is 0 Å². The average molecular weight is 564 g/mol. The SMILES string of the molecule is CCC1(C(=O)Nc2nc(C3=CC(C(=O)NC4CCCCC4)=CCC3)cs2)CC2c3ccccc3C1c1ccccc12. The molecule has 1 fully saturated rings. The quantitative estimate of drug-likeness (QED) is 0.323. The Balaban J connectivity index is 1.12. The maximum atomic E-state index is 14.2. The van der Waals surface area contributed by atoms with E-state index >= 15 is 0 Å². The fraction of sp³-hybridized carbons (Fsp3) is 0.400. The Kier molecular flexibility index (Phi) is 6.90. The molecule has 2 N–H and O–H groups in total. The minimum Gasteiger partial charge on any atom is -0.349 e. The summed E-state index contributed by atoms with van der Waals surface area (Å²) < 4.78 is 0. The van der Waals surface area contributed by atoms with Crippen LogP contribution >= 0.6 is 11.3 Å². The van der Waals surface area contributed by atoms with E-state index in [9.17, 15) is 9.59 Å². The van der Waals surface area contributed by atoms with Crippen LogP contribution in [0.5, 0.6) is 0 Å². The van der Waals surface area contributed by atoms with E-state index in [2.05, 4.69) is 66.1 Å². The van der Waals surface area contributed by atoms with Gasteiger partial charge in [-0.2, -0.15) is 0 Å². The summed E-state index contributed by atoms with van der Waals surface area (Å²) in [6, 6.07) is 17.6. The third-order valence-corrected chi connectivity index (χ3v) is 10.7. The number of thiazole rings is 1. The van der Waals surface area contributed by atoms with Crippen LogP contribution in [-0.2, 0) is 9.59 Å². The highest BCUT2D eigenvalue weighted by atomic mass is 32.1. The minimum absolute atomic E-state index is 0.0238. The first-order valence-electron chi connectivity index (χ1n) is 15.2. The molecule has 2 bridgehead atoms. The molecule has 5 aliphatic rings. The van der Waals surface area contributed by atoms with E-state index in [1.807, 2.05) is 17.5 Å². The van der Waals surface area contributed by atoms with Gasteiger partial charge in [0.1, 0.15) is 0 Å². The second kappa shape index (κ2) is 10.7. The number of carbonyl (C=O) groups excluding carboxylic acids is 2. The zero-order chi connectivity index (χ0) is 28.0. The zero-order valence-corrected chi connectivity index (χ0v) is 24.4. The lowest BCUT2D eigenvalue weighted by molar-refractivity contribution is -0.128. The number of fused-ring (bicyclic) bond motifs is 1. The summed E-state index contributed by atoms with van der Waals surface area (Å²) in [6.07, 6.45) is 13.1.